The van der Waals surface area contributed by atoms with Crippen molar-refractivity contribution in [2.24, 2.45) is 0 Å². The number of aliphatic hydroxyl groups is 2. The average molecular weight is 133 g/mol. The zero-order chi connectivity index (χ0) is 6.91. The van der Waals surface area contributed by atoms with Crippen LogP contribution in [0.15, 0.2) is 0 Å². The molecule has 0 aromatic carbocycles. The summed E-state index contributed by atoms with van der Waals surface area (Å²) in [6.45, 7) is 2.50. The number of hydrogen-bond donors (Lipinski definition) is 3. The summed E-state index contributed by atoms with van der Waals surface area (Å²) in [5, 5.41) is 19.8. The normalized spacial score (nSPS) is 26.3. The Balaban J connectivity index is 2.03. The van der Waals surface area contributed by atoms with Crippen LogP contribution in [0.25, 0.3) is 0 Å². The fourth-order valence-corrected chi connectivity index (χ4v) is 0.493. The molecule has 54 valence electrons. The van der Waals surface area contributed by atoms with E-state index in [0.717, 1.165) is 6.61 Å². The van der Waals surface area contributed by atoms with Crippen molar-refractivity contribution in [2.75, 3.05) is 13.2 Å². The van der Waals surface area contributed by atoms with Crippen LogP contribution in [0.5, 0.6) is 0 Å². The van der Waals surface area contributed by atoms with Crippen LogP contribution in [0, 0.1) is 0 Å². The second-order valence-electron chi connectivity index (χ2n) is 2.36. The Morgan fingerprint density at radius 2 is 2.33 bits per heavy atom. The minimum atomic E-state index is -1.76. The second kappa shape index (κ2) is 2.22. The first-order valence-corrected chi connectivity index (χ1v) is 2.89. The van der Waals surface area contributed by atoms with Crippen molar-refractivity contribution in [3.63, 3.8) is 0 Å². The van der Waals surface area contributed by atoms with E-state index >= 15 is 0 Å². The average Bonchev–Trinajstić information content (AvgIpc) is 2.38. The zero-order valence-corrected chi connectivity index (χ0v) is 5.29. The molecule has 0 aromatic rings. The highest BCUT2D eigenvalue weighted by Gasteiger charge is 2.25. The van der Waals surface area contributed by atoms with E-state index < -0.39 is 5.91 Å². The maximum Gasteiger partial charge on any atom is 0.219 e. The first-order chi connectivity index (χ1) is 4.08. The molecular formula is C5H11NO3. The quantitative estimate of drug-likeness (QED) is 0.328. The van der Waals surface area contributed by atoms with Gasteiger partial charge in [-0.1, -0.05) is 0 Å². The van der Waals surface area contributed by atoms with Gasteiger partial charge in [0.15, 0.2) is 0 Å². The summed E-state index contributed by atoms with van der Waals surface area (Å²) in [6.07, 6.45) is 0.184. The zero-order valence-electron chi connectivity index (χ0n) is 5.29. The molecule has 1 aliphatic heterocycles. The van der Waals surface area contributed by atoms with Crippen molar-refractivity contribution in [1.82, 2.24) is 5.32 Å². The molecule has 0 saturated carbocycles. The molecule has 1 heterocycles. The van der Waals surface area contributed by atoms with Crippen molar-refractivity contribution in [1.29, 1.82) is 0 Å². The lowest BCUT2D eigenvalue weighted by atomic mass is 10.4. The van der Waals surface area contributed by atoms with Crippen molar-refractivity contribution in [2.45, 2.75) is 18.9 Å². The van der Waals surface area contributed by atoms with E-state index in [1.165, 1.54) is 6.92 Å². The van der Waals surface area contributed by atoms with Crippen LogP contribution < -0.4 is 5.32 Å². The summed E-state index contributed by atoms with van der Waals surface area (Å²) >= 11 is 0. The lowest BCUT2D eigenvalue weighted by Crippen LogP contribution is -2.43. The Hall–Kier alpha value is -0.160. The predicted molar refractivity (Wildman–Crippen MR) is 30.6 cm³/mol. The summed E-state index contributed by atoms with van der Waals surface area (Å²) in [6, 6.07) is 0. The summed E-state index contributed by atoms with van der Waals surface area (Å²) in [4.78, 5) is 0. The third kappa shape index (κ3) is 3.42. The van der Waals surface area contributed by atoms with Crippen LogP contribution in [0.3, 0.4) is 0 Å². The van der Waals surface area contributed by atoms with E-state index in [4.69, 9.17) is 14.9 Å². The fourth-order valence-electron chi connectivity index (χ4n) is 0.493. The summed E-state index contributed by atoms with van der Waals surface area (Å²) in [5.74, 6) is -1.76. The molecule has 0 spiro atoms. The van der Waals surface area contributed by atoms with Gasteiger partial charge in [0.05, 0.1) is 12.7 Å². The molecule has 0 aliphatic carbocycles. The largest absolute Gasteiger partial charge is 0.372 e. The van der Waals surface area contributed by atoms with Gasteiger partial charge in [0.25, 0.3) is 0 Å². The van der Waals surface area contributed by atoms with Crippen molar-refractivity contribution < 1.29 is 14.9 Å². The number of rotatable bonds is 3. The molecule has 4 nitrogen and oxygen atoms in total. The molecule has 3 N–H and O–H groups in total. The second-order valence-corrected chi connectivity index (χ2v) is 2.36. The molecular weight excluding hydrogens is 122 g/mol. The first kappa shape index (κ1) is 6.95. The van der Waals surface area contributed by atoms with E-state index in [-0.39, 0.29) is 6.10 Å². The topological polar surface area (TPSA) is 65.0 Å². The van der Waals surface area contributed by atoms with Gasteiger partial charge in [-0.3, -0.25) is 5.32 Å². The lowest BCUT2D eigenvalue weighted by Gasteiger charge is -2.15. The van der Waals surface area contributed by atoms with Crippen LogP contribution in [0.1, 0.15) is 6.92 Å². The van der Waals surface area contributed by atoms with Crippen LogP contribution in [0.4, 0.5) is 0 Å². The molecule has 4 heteroatoms. The Morgan fingerprint density at radius 3 is 2.67 bits per heavy atom. The Bertz CT molecular complexity index is 94.9. The first-order valence-electron chi connectivity index (χ1n) is 2.89. The molecule has 0 aromatic heterocycles. The number of nitrogens with one attached hydrogen (secondary N) is 1. The van der Waals surface area contributed by atoms with Crippen LogP contribution >= 0.6 is 0 Å². The molecule has 1 fully saturated rings. The van der Waals surface area contributed by atoms with E-state index in [9.17, 15) is 0 Å². The monoisotopic (exact) mass is 133 g/mol. The van der Waals surface area contributed by atoms with Gasteiger partial charge in [0.1, 0.15) is 0 Å². The SMILES string of the molecule is CC(O)(O)NCC1CO1. The molecule has 9 heavy (non-hydrogen) atoms. The lowest BCUT2D eigenvalue weighted by molar-refractivity contribution is -0.169. The molecule has 1 rings (SSSR count). The van der Waals surface area contributed by atoms with Crippen LogP contribution in [-0.2, 0) is 4.74 Å². The van der Waals surface area contributed by atoms with E-state index in [1.807, 2.05) is 0 Å². The fraction of sp³-hybridized carbons (Fsp3) is 1.00. The third-order valence-corrected chi connectivity index (χ3v) is 1.07. The Kier molecular flexibility index (Phi) is 1.72. The highest BCUT2D eigenvalue weighted by Crippen LogP contribution is 2.07. The van der Waals surface area contributed by atoms with Crippen molar-refractivity contribution in [3.8, 4) is 0 Å². The third-order valence-electron chi connectivity index (χ3n) is 1.07. The Morgan fingerprint density at radius 1 is 1.78 bits per heavy atom. The highest BCUT2D eigenvalue weighted by molar-refractivity contribution is 4.72. The number of epoxide rings is 1. The van der Waals surface area contributed by atoms with Gasteiger partial charge in [0, 0.05) is 13.5 Å². The molecule has 1 unspecified atom stereocenters. The smallest absolute Gasteiger partial charge is 0.219 e. The summed E-state index contributed by atoms with van der Waals surface area (Å²) < 4.78 is 4.82. The van der Waals surface area contributed by atoms with Crippen LogP contribution in [0.2, 0.25) is 0 Å². The molecule has 0 bridgehead atoms. The standard InChI is InChI=1S/C5H11NO3/c1-5(7,8)6-2-4-3-9-4/h4,6-8H,2-3H2,1H3. The van der Waals surface area contributed by atoms with Gasteiger partial charge >= 0.3 is 0 Å². The van der Waals surface area contributed by atoms with Crippen molar-refractivity contribution in [3.05, 3.63) is 0 Å². The van der Waals surface area contributed by atoms with E-state index in [2.05, 4.69) is 5.32 Å². The summed E-state index contributed by atoms with van der Waals surface area (Å²) in [7, 11) is 0. The molecule has 1 aliphatic rings. The summed E-state index contributed by atoms with van der Waals surface area (Å²) in [5.41, 5.74) is 0. The van der Waals surface area contributed by atoms with Gasteiger partial charge in [-0.05, 0) is 0 Å². The Labute approximate surface area is 53.4 Å². The van der Waals surface area contributed by atoms with Crippen molar-refractivity contribution >= 4 is 0 Å². The molecule has 0 amide bonds. The maximum atomic E-state index is 8.68. The van der Waals surface area contributed by atoms with Gasteiger partial charge in [-0.2, -0.15) is 0 Å². The van der Waals surface area contributed by atoms with Crippen LogP contribution in [-0.4, -0.2) is 35.4 Å². The van der Waals surface area contributed by atoms with Gasteiger partial charge in [-0.15, -0.1) is 0 Å². The molecule has 0 radical (unpaired) electrons. The van der Waals surface area contributed by atoms with E-state index in [0.29, 0.717) is 6.54 Å². The van der Waals surface area contributed by atoms with E-state index in [1.54, 1.807) is 0 Å². The highest BCUT2D eigenvalue weighted by atomic mass is 16.6. The maximum absolute atomic E-state index is 8.68. The minimum Gasteiger partial charge on any atom is -0.372 e. The molecule has 1 atom stereocenters. The van der Waals surface area contributed by atoms with Gasteiger partial charge in [-0.25, -0.2) is 0 Å². The van der Waals surface area contributed by atoms with Gasteiger partial charge < -0.3 is 14.9 Å². The van der Waals surface area contributed by atoms with Gasteiger partial charge in [0.2, 0.25) is 5.91 Å². The number of hydrogen-bond acceptors (Lipinski definition) is 4. The predicted octanol–water partition coefficient (Wildman–Crippen LogP) is -1.37. The number of ether oxygens (including phenoxy) is 1. The molecule has 1 saturated heterocycles. The minimum absolute atomic E-state index is 0.184.